The van der Waals surface area contributed by atoms with Crippen LogP contribution in [0.2, 0.25) is 0 Å². The average Bonchev–Trinajstić information content (AvgIpc) is 3.06. The molecule has 0 aliphatic heterocycles. The molecule has 8 nitrogen and oxygen atoms in total. The van der Waals surface area contributed by atoms with Crippen LogP contribution in [-0.4, -0.2) is 54.6 Å². The quantitative estimate of drug-likeness (QED) is 0.371. The summed E-state index contributed by atoms with van der Waals surface area (Å²) >= 11 is 0. The fraction of sp³-hybridized carbons (Fsp3) is 0.350. The highest BCUT2D eigenvalue weighted by molar-refractivity contribution is 5.85. The smallest absolute Gasteiger partial charge is 0.323 e. The van der Waals surface area contributed by atoms with Gasteiger partial charge in [-0.05, 0) is 36.8 Å². The van der Waals surface area contributed by atoms with Crippen molar-refractivity contribution in [2.45, 2.75) is 13.0 Å². The minimum atomic E-state index is -0.701. The molecule has 0 bridgehead atoms. The van der Waals surface area contributed by atoms with Gasteiger partial charge in [-0.2, -0.15) is 0 Å². The summed E-state index contributed by atoms with van der Waals surface area (Å²) in [6, 6.07) is 11.1. The van der Waals surface area contributed by atoms with Gasteiger partial charge in [0, 0.05) is 13.1 Å². The molecular formula is C20H26ClN3O5. The molecule has 1 heterocycles. The molecular weight excluding hydrogens is 398 g/mol. The Morgan fingerprint density at radius 1 is 1.10 bits per heavy atom. The van der Waals surface area contributed by atoms with E-state index in [0.29, 0.717) is 48.0 Å². The second kappa shape index (κ2) is 10.8. The van der Waals surface area contributed by atoms with Crippen LogP contribution in [0.1, 0.15) is 5.56 Å². The minimum absolute atomic E-state index is 0. The summed E-state index contributed by atoms with van der Waals surface area (Å²) in [6.45, 7) is 3.38. The van der Waals surface area contributed by atoms with Crippen LogP contribution in [0, 0.1) is 6.92 Å². The topological polar surface area (TPSA) is 109 Å². The normalized spacial score (nSPS) is 11.7. The van der Waals surface area contributed by atoms with Crippen LogP contribution < -0.4 is 25.2 Å². The maximum Gasteiger partial charge on any atom is 0.323 e. The van der Waals surface area contributed by atoms with Gasteiger partial charge in [0.25, 0.3) is 0 Å². The Morgan fingerprint density at radius 3 is 2.62 bits per heavy atom. The van der Waals surface area contributed by atoms with Gasteiger partial charge in [0.15, 0.2) is 11.5 Å². The highest BCUT2D eigenvalue weighted by Gasteiger charge is 2.10. The number of halogens is 1. The Kier molecular flexibility index (Phi) is 8.38. The van der Waals surface area contributed by atoms with Gasteiger partial charge in [-0.15, -0.1) is 12.4 Å². The van der Waals surface area contributed by atoms with Crippen LogP contribution in [0.3, 0.4) is 0 Å². The monoisotopic (exact) mass is 423 g/mol. The number of benzene rings is 2. The lowest BCUT2D eigenvalue weighted by Crippen LogP contribution is -2.33. The summed E-state index contributed by atoms with van der Waals surface area (Å²) in [5.41, 5.74) is 1.95. The number of fused-ring (bicyclic) bond motifs is 1. The minimum Gasteiger partial charge on any atom is -0.493 e. The van der Waals surface area contributed by atoms with Crippen LogP contribution in [0.25, 0.3) is 11.0 Å². The molecule has 1 atom stereocenters. The number of H-pyrrole nitrogens is 2. The molecule has 3 aromatic rings. The molecule has 0 saturated heterocycles. The number of para-hydroxylation sites is 2. The molecule has 1 aromatic heterocycles. The van der Waals surface area contributed by atoms with Crippen LogP contribution in [0.15, 0.2) is 41.2 Å². The zero-order valence-electron chi connectivity index (χ0n) is 16.4. The molecule has 0 saturated carbocycles. The number of aliphatic hydroxyl groups excluding tert-OH is 1. The summed E-state index contributed by atoms with van der Waals surface area (Å²) in [7, 11) is 1.60. The van der Waals surface area contributed by atoms with Gasteiger partial charge in [0.05, 0.1) is 12.6 Å². The maximum absolute atomic E-state index is 11.5. The predicted octanol–water partition coefficient (Wildman–Crippen LogP) is 2.00. The van der Waals surface area contributed by atoms with E-state index in [4.69, 9.17) is 14.2 Å². The summed E-state index contributed by atoms with van der Waals surface area (Å²) in [4.78, 5) is 16.9. The Hall–Kier alpha value is -2.68. The van der Waals surface area contributed by atoms with Crippen molar-refractivity contribution in [1.29, 1.82) is 0 Å². The highest BCUT2D eigenvalue weighted by Crippen LogP contribution is 2.25. The van der Waals surface area contributed by atoms with E-state index in [2.05, 4.69) is 15.3 Å². The van der Waals surface area contributed by atoms with E-state index < -0.39 is 6.10 Å². The largest absolute Gasteiger partial charge is 0.493 e. The lowest BCUT2D eigenvalue weighted by Gasteiger charge is -2.15. The number of hydrogen-bond acceptors (Lipinski definition) is 6. The molecule has 3 rings (SSSR count). The molecule has 2 aromatic carbocycles. The van der Waals surface area contributed by atoms with Gasteiger partial charge >= 0.3 is 5.69 Å². The van der Waals surface area contributed by atoms with Crippen molar-refractivity contribution >= 4 is 23.4 Å². The SMILES string of the molecule is COc1ccccc1OCCNCC(O)COc1cc(C)cc2[nH]c(=O)[nH]c12.Cl. The fourth-order valence-corrected chi connectivity index (χ4v) is 2.85. The summed E-state index contributed by atoms with van der Waals surface area (Å²) in [5, 5.41) is 13.2. The number of methoxy groups -OCH3 is 1. The van der Waals surface area contributed by atoms with Gasteiger partial charge in [-0.25, -0.2) is 4.79 Å². The van der Waals surface area contributed by atoms with E-state index >= 15 is 0 Å². The first-order chi connectivity index (χ1) is 13.6. The van der Waals surface area contributed by atoms with E-state index in [1.807, 2.05) is 43.3 Å². The third-order valence-electron chi connectivity index (χ3n) is 4.15. The van der Waals surface area contributed by atoms with Crippen molar-refractivity contribution in [2.24, 2.45) is 0 Å². The first kappa shape index (κ1) is 22.6. The average molecular weight is 424 g/mol. The molecule has 0 amide bonds. The molecule has 9 heteroatoms. The lowest BCUT2D eigenvalue weighted by molar-refractivity contribution is 0.106. The van der Waals surface area contributed by atoms with Crippen LogP contribution in [-0.2, 0) is 0 Å². The van der Waals surface area contributed by atoms with Gasteiger partial charge < -0.3 is 34.6 Å². The lowest BCUT2D eigenvalue weighted by atomic mass is 10.2. The third kappa shape index (κ3) is 6.15. The Labute approximate surface area is 174 Å². The van der Waals surface area contributed by atoms with Crippen molar-refractivity contribution in [3.63, 3.8) is 0 Å². The molecule has 0 fully saturated rings. The van der Waals surface area contributed by atoms with E-state index in [1.54, 1.807) is 7.11 Å². The number of aryl methyl sites for hydroxylation is 1. The van der Waals surface area contributed by atoms with E-state index in [-0.39, 0.29) is 24.7 Å². The Morgan fingerprint density at radius 2 is 1.86 bits per heavy atom. The number of aliphatic hydroxyl groups is 1. The first-order valence-corrected chi connectivity index (χ1v) is 9.07. The van der Waals surface area contributed by atoms with Crippen LogP contribution in [0.5, 0.6) is 17.2 Å². The first-order valence-electron chi connectivity index (χ1n) is 9.07. The van der Waals surface area contributed by atoms with Crippen molar-refractivity contribution in [3.05, 3.63) is 52.4 Å². The standard InChI is InChI=1S/C20H25N3O5.ClH/c1-13-9-15-19(23-20(25)22-15)18(10-13)28-12-14(24)11-21-7-8-27-17-6-4-3-5-16(17)26-2;/h3-6,9-10,14,21,24H,7-8,11-12H2,1-2H3,(H2,22,23,25);1H. The zero-order valence-corrected chi connectivity index (χ0v) is 17.2. The van der Waals surface area contributed by atoms with Crippen LogP contribution in [0.4, 0.5) is 0 Å². The molecule has 0 aliphatic carbocycles. The van der Waals surface area contributed by atoms with Crippen molar-refractivity contribution in [1.82, 2.24) is 15.3 Å². The number of hydrogen-bond donors (Lipinski definition) is 4. The second-order valence-corrected chi connectivity index (χ2v) is 6.43. The number of nitrogens with one attached hydrogen (secondary N) is 3. The number of aromatic amines is 2. The van der Waals surface area contributed by atoms with Gasteiger partial charge in [0.1, 0.15) is 30.6 Å². The molecule has 158 valence electrons. The highest BCUT2D eigenvalue weighted by atomic mass is 35.5. The Bertz CT molecular complexity index is 972. The zero-order chi connectivity index (χ0) is 19.9. The van der Waals surface area contributed by atoms with Crippen LogP contribution >= 0.6 is 12.4 Å². The predicted molar refractivity (Wildman–Crippen MR) is 114 cm³/mol. The van der Waals surface area contributed by atoms with E-state index in [9.17, 15) is 9.90 Å². The number of aromatic nitrogens is 2. The summed E-state index contributed by atoms with van der Waals surface area (Å²) in [6.07, 6.45) is -0.701. The second-order valence-electron chi connectivity index (χ2n) is 6.43. The Balaban J connectivity index is 0.00000300. The number of imidazole rings is 1. The number of rotatable bonds is 10. The molecule has 0 spiro atoms. The molecule has 0 radical (unpaired) electrons. The van der Waals surface area contributed by atoms with E-state index in [0.717, 1.165) is 5.56 Å². The fourth-order valence-electron chi connectivity index (χ4n) is 2.85. The third-order valence-corrected chi connectivity index (χ3v) is 4.15. The van der Waals surface area contributed by atoms with Crippen molar-refractivity contribution in [3.8, 4) is 17.2 Å². The van der Waals surface area contributed by atoms with E-state index in [1.165, 1.54) is 0 Å². The summed E-state index contributed by atoms with van der Waals surface area (Å²) < 4.78 is 16.6. The number of ether oxygens (including phenoxy) is 3. The molecule has 1 unspecified atom stereocenters. The van der Waals surface area contributed by atoms with Gasteiger partial charge in [0.2, 0.25) is 0 Å². The van der Waals surface area contributed by atoms with Crippen molar-refractivity contribution in [2.75, 3.05) is 33.4 Å². The van der Waals surface area contributed by atoms with Crippen molar-refractivity contribution < 1.29 is 19.3 Å². The molecule has 0 aliphatic rings. The van der Waals surface area contributed by atoms with Gasteiger partial charge in [-0.1, -0.05) is 12.1 Å². The maximum atomic E-state index is 11.5. The van der Waals surface area contributed by atoms with Gasteiger partial charge in [-0.3, -0.25) is 0 Å². The summed E-state index contributed by atoms with van der Waals surface area (Å²) in [5.74, 6) is 1.90. The molecule has 29 heavy (non-hydrogen) atoms. The molecule has 4 N–H and O–H groups in total.